The van der Waals surface area contributed by atoms with E-state index in [4.69, 9.17) is 9.84 Å². The Kier molecular flexibility index (Phi) is 5.77. The molecule has 5 heteroatoms. The van der Waals surface area contributed by atoms with Crippen LogP contribution in [0, 0.1) is 5.92 Å². The fraction of sp³-hybridized carbons (Fsp3) is 0.333. The van der Waals surface area contributed by atoms with Gasteiger partial charge in [0, 0.05) is 12.5 Å². The Morgan fingerprint density at radius 3 is 2.65 bits per heavy atom. The number of amides is 1. The summed E-state index contributed by atoms with van der Waals surface area (Å²) in [4.78, 5) is 22.3. The van der Waals surface area contributed by atoms with E-state index in [0.29, 0.717) is 23.4 Å². The number of benzene rings is 1. The number of carboxylic acids is 1. The van der Waals surface area contributed by atoms with Gasteiger partial charge >= 0.3 is 5.97 Å². The SMILES string of the molecule is COc1ccc(C=CC(=O)O)cc1NC(=O)CC(C)C. The maximum atomic E-state index is 11.8. The first kappa shape index (κ1) is 15.8. The van der Waals surface area contributed by atoms with E-state index in [2.05, 4.69) is 5.32 Å². The second-order valence-electron chi connectivity index (χ2n) is 4.78. The Labute approximate surface area is 118 Å². The van der Waals surface area contributed by atoms with Crippen molar-refractivity contribution in [3.05, 3.63) is 29.8 Å². The summed E-state index contributed by atoms with van der Waals surface area (Å²) < 4.78 is 5.18. The lowest BCUT2D eigenvalue weighted by atomic mass is 10.1. The second kappa shape index (κ2) is 7.33. The lowest BCUT2D eigenvalue weighted by molar-refractivity contribution is -0.131. The molecule has 0 heterocycles. The van der Waals surface area contributed by atoms with E-state index < -0.39 is 5.97 Å². The maximum absolute atomic E-state index is 11.8. The average Bonchev–Trinajstić information content (AvgIpc) is 2.35. The number of anilines is 1. The smallest absolute Gasteiger partial charge is 0.328 e. The van der Waals surface area contributed by atoms with Gasteiger partial charge in [-0.3, -0.25) is 4.79 Å². The molecule has 2 N–H and O–H groups in total. The third-order valence-corrected chi connectivity index (χ3v) is 2.51. The molecule has 0 bridgehead atoms. The number of carbonyl (C=O) groups excluding carboxylic acids is 1. The summed E-state index contributed by atoms with van der Waals surface area (Å²) in [5.41, 5.74) is 1.21. The Morgan fingerprint density at radius 2 is 2.10 bits per heavy atom. The van der Waals surface area contributed by atoms with E-state index in [0.717, 1.165) is 6.08 Å². The summed E-state index contributed by atoms with van der Waals surface area (Å²) in [6.07, 6.45) is 2.92. The molecule has 108 valence electrons. The van der Waals surface area contributed by atoms with Crippen LogP contribution in [0.5, 0.6) is 5.75 Å². The van der Waals surface area contributed by atoms with Crippen LogP contribution in [-0.4, -0.2) is 24.1 Å². The molecule has 1 aromatic rings. The molecule has 0 saturated heterocycles. The van der Waals surface area contributed by atoms with Crippen molar-refractivity contribution in [2.24, 2.45) is 5.92 Å². The molecule has 0 aromatic heterocycles. The minimum Gasteiger partial charge on any atom is -0.495 e. The molecule has 0 saturated carbocycles. The van der Waals surface area contributed by atoms with Gasteiger partial charge in [0.25, 0.3) is 0 Å². The summed E-state index contributed by atoms with van der Waals surface area (Å²) in [6, 6.07) is 5.08. The lowest BCUT2D eigenvalue weighted by Crippen LogP contribution is -2.14. The van der Waals surface area contributed by atoms with Crippen molar-refractivity contribution in [1.29, 1.82) is 0 Å². The van der Waals surface area contributed by atoms with E-state index in [1.165, 1.54) is 13.2 Å². The molecule has 1 rings (SSSR count). The Morgan fingerprint density at radius 1 is 1.40 bits per heavy atom. The first-order chi connectivity index (χ1) is 9.42. The zero-order valence-electron chi connectivity index (χ0n) is 11.8. The molecule has 0 aliphatic rings. The van der Waals surface area contributed by atoms with Gasteiger partial charge in [0.05, 0.1) is 12.8 Å². The molecule has 20 heavy (non-hydrogen) atoms. The molecule has 5 nitrogen and oxygen atoms in total. The first-order valence-electron chi connectivity index (χ1n) is 6.31. The van der Waals surface area contributed by atoms with Gasteiger partial charge in [0.2, 0.25) is 5.91 Å². The standard InChI is InChI=1S/C15H19NO4/c1-10(2)8-14(17)16-12-9-11(5-7-15(18)19)4-6-13(12)20-3/h4-7,9-10H,8H2,1-3H3,(H,16,17)(H,18,19). The van der Waals surface area contributed by atoms with Gasteiger partial charge in [-0.15, -0.1) is 0 Å². The van der Waals surface area contributed by atoms with Crippen molar-refractivity contribution in [2.45, 2.75) is 20.3 Å². The number of hydrogen-bond acceptors (Lipinski definition) is 3. The normalized spacial score (nSPS) is 10.8. The van der Waals surface area contributed by atoms with Crippen molar-refractivity contribution in [3.63, 3.8) is 0 Å². The molecule has 0 unspecified atom stereocenters. The number of hydrogen-bond donors (Lipinski definition) is 2. The number of nitrogens with one attached hydrogen (secondary N) is 1. The predicted molar refractivity (Wildman–Crippen MR) is 77.7 cm³/mol. The van der Waals surface area contributed by atoms with Crippen LogP contribution in [0.15, 0.2) is 24.3 Å². The zero-order chi connectivity index (χ0) is 15.1. The van der Waals surface area contributed by atoms with E-state index >= 15 is 0 Å². The highest BCUT2D eigenvalue weighted by Crippen LogP contribution is 2.26. The largest absolute Gasteiger partial charge is 0.495 e. The molecule has 0 radical (unpaired) electrons. The fourth-order valence-electron chi connectivity index (χ4n) is 1.67. The lowest BCUT2D eigenvalue weighted by Gasteiger charge is -2.12. The summed E-state index contributed by atoms with van der Waals surface area (Å²) in [5, 5.41) is 11.4. The van der Waals surface area contributed by atoms with Crippen LogP contribution in [0.2, 0.25) is 0 Å². The van der Waals surface area contributed by atoms with E-state index in [1.54, 1.807) is 18.2 Å². The minimum absolute atomic E-state index is 0.0994. The van der Waals surface area contributed by atoms with Crippen molar-refractivity contribution in [3.8, 4) is 5.75 Å². The van der Waals surface area contributed by atoms with Gasteiger partial charge in [-0.2, -0.15) is 0 Å². The van der Waals surface area contributed by atoms with Gasteiger partial charge in [-0.05, 0) is 29.7 Å². The highest BCUT2D eigenvalue weighted by atomic mass is 16.5. The first-order valence-corrected chi connectivity index (χ1v) is 6.31. The van der Waals surface area contributed by atoms with Crippen molar-refractivity contribution in [2.75, 3.05) is 12.4 Å². The monoisotopic (exact) mass is 277 g/mol. The van der Waals surface area contributed by atoms with Crippen LogP contribution in [0.3, 0.4) is 0 Å². The molecular formula is C15H19NO4. The molecule has 0 atom stereocenters. The Balaban J connectivity index is 2.94. The molecule has 1 amide bonds. The van der Waals surface area contributed by atoms with Crippen LogP contribution in [0.1, 0.15) is 25.8 Å². The van der Waals surface area contributed by atoms with Crippen LogP contribution in [0.4, 0.5) is 5.69 Å². The summed E-state index contributed by atoms with van der Waals surface area (Å²) in [5.74, 6) is -0.324. The van der Waals surface area contributed by atoms with Crippen molar-refractivity contribution in [1.82, 2.24) is 0 Å². The topological polar surface area (TPSA) is 75.6 Å². The number of aliphatic carboxylic acids is 1. The molecule has 0 aliphatic heterocycles. The molecular weight excluding hydrogens is 258 g/mol. The minimum atomic E-state index is -1.02. The highest BCUT2D eigenvalue weighted by Gasteiger charge is 2.09. The van der Waals surface area contributed by atoms with E-state index in [-0.39, 0.29) is 11.8 Å². The summed E-state index contributed by atoms with van der Waals surface area (Å²) in [7, 11) is 1.51. The number of rotatable bonds is 6. The number of carboxylic acid groups (broad SMARTS) is 1. The molecule has 1 aromatic carbocycles. The quantitative estimate of drug-likeness (QED) is 0.784. The van der Waals surface area contributed by atoms with Crippen molar-refractivity contribution >= 4 is 23.6 Å². The Hall–Kier alpha value is -2.30. The van der Waals surface area contributed by atoms with Crippen LogP contribution >= 0.6 is 0 Å². The Bertz CT molecular complexity index is 521. The van der Waals surface area contributed by atoms with Gasteiger partial charge < -0.3 is 15.2 Å². The third kappa shape index (κ3) is 5.14. The third-order valence-electron chi connectivity index (χ3n) is 2.51. The summed E-state index contributed by atoms with van der Waals surface area (Å²) >= 11 is 0. The van der Waals surface area contributed by atoms with Gasteiger partial charge in [-0.1, -0.05) is 19.9 Å². The highest BCUT2D eigenvalue weighted by molar-refractivity contribution is 5.93. The van der Waals surface area contributed by atoms with Gasteiger partial charge in [0.1, 0.15) is 5.75 Å². The van der Waals surface area contributed by atoms with Crippen LogP contribution < -0.4 is 10.1 Å². The summed E-state index contributed by atoms with van der Waals surface area (Å²) in [6.45, 7) is 3.92. The molecule has 0 aliphatic carbocycles. The van der Waals surface area contributed by atoms with Gasteiger partial charge in [0.15, 0.2) is 0 Å². The molecule has 0 fully saturated rings. The van der Waals surface area contributed by atoms with E-state index in [9.17, 15) is 9.59 Å². The van der Waals surface area contributed by atoms with Crippen LogP contribution in [-0.2, 0) is 9.59 Å². The number of methoxy groups -OCH3 is 1. The zero-order valence-corrected chi connectivity index (χ0v) is 11.8. The van der Waals surface area contributed by atoms with Gasteiger partial charge in [-0.25, -0.2) is 4.79 Å². The van der Waals surface area contributed by atoms with Crippen molar-refractivity contribution < 1.29 is 19.4 Å². The number of carbonyl (C=O) groups is 2. The average molecular weight is 277 g/mol. The second-order valence-corrected chi connectivity index (χ2v) is 4.78. The van der Waals surface area contributed by atoms with E-state index in [1.807, 2.05) is 13.8 Å². The maximum Gasteiger partial charge on any atom is 0.328 e. The molecule has 0 spiro atoms. The fourth-order valence-corrected chi connectivity index (χ4v) is 1.67. The number of ether oxygens (including phenoxy) is 1. The predicted octanol–water partition coefficient (Wildman–Crippen LogP) is 2.78. The van der Waals surface area contributed by atoms with Crippen LogP contribution in [0.25, 0.3) is 6.08 Å².